The van der Waals surface area contributed by atoms with Gasteiger partial charge < -0.3 is 15.0 Å². The largest absolute Gasteiger partial charge is 0.444 e. The Morgan fingerprint density at radius 2 is 2.15 bits per heavy atom. The van der Waals surface area contributed by atoms with E-state index < -0.39 is 5.60 Å². The summed E-state index contributed by atoms with van der Waals surface area (Å²) < 4.78 is 5.47. The van der Waals surface area contributed by atoms with Crippen LogP contribution in [0.2, 0.25) is 0 Å². The van der Waals surface area contributed by atoms with Crippen LogP contribution in [0.5, 0.6) is 0 Å². The lowest BCUT2D eigenvalue weighted by molar-refractivity contribution is 0.0234. The molecule has 20 heavy (non-hydrogen) atoms. The maximum Gasteiger partial charge on any atom is 0.410 e. The van der Waals surface area contributed by atoms with Gasteiger partial charge >= 0.3 is 6.09 Å². The molecule has 1 aliphatic carbocycles. The molecule has 0 saturated heterocycles. The molecule has 1 amide bonds. The fourth-order valence-corrected chi connectivity index (χ4v) is 2.03. The Kier molecular flexibility index (Phi) is 6.53. The fourth-order valence-electron chi connectivity index (χ4n) is 2.03. The molecule has 0 aromatic carbocycles. The second kappa shape index (κ2) is 7.67. The number of allylic oxidation sites excluding steroid dienone is 1. The monoisotopic (exact) mass is 282 g/mol. The first-order valence-electron chi connectivity index (χ1n) is 7.67. The molecule has 1 unspecified atom stereocenters. The molecule has 4 heteroatoms. The summed E-state index contributed by atoms with van der Waals surface area (Å²) in [6, 6.07) is 0.836. The van der Waals surface area contributed by atoms with Crippen LogP contribution in [0.1, 0.15) is 53.4 Å². The zero-order valence-corrected chi connectivity index (χ0v) is 13.4. The molecule has 1 N–H and O–H groups in total. The van der Waals surface area contributed by atoms with Crippen LogP contribution in [0.4, 0.5) is 4.79 Å². The van der Waals surface area contributed by atoms with Crippen molar-refractivity contribution in [3.8, 4) is 0 Å². The third-order valence-electron chi connectivity index (χ3n) is 3.26. The quantitative estimate of drug-likeness (QED) is 0.694. The Hall–Kier alpha value is -1.03. The predicted octanol–water partition coefficient (Wildman–Crippen LogP) is 3.33. The zero-order valence-electron chi connectivity index (χ0n) is 13.4. The van der Waals surface area contributed by atoms with Crippen LogP contribution in [0.25, 0.3) is 0 Å². The van der Waals surface area contributed by atoms with Gasteiger partial charge in [-0.15, -0.1) is 6.58 Å². The highest BCUT2D eigenvalue weighted by atomic mass is 16.6. The first kappa shape index (κ1) is 17.0. The maximum absolute atomic E-state index is 12.2. The van der Waals surface area contributed by atoms with E-state index in [0.29, 0.717) is 12.1 Å². The van der Waals surface area contributed by atoms with Crippen molar-refractivity contribution in [1.29, 1.82) is 0 Å². The normalized spacial score (nSPS) is 16.6. The van der Waals surface area contributed by atoms with Crippen LogP contribution >= 0.6 is 0 Å². The summed E-state index contributed by atoms with van der Waals surface area (Å²) in [5.41, 5.74) is -0.422. The van der Waals surface area contributed by atoms with E-state index in [1.54, 1.807) is 0 Å². The summed E-state index contributed by atoms with van der Waals surface area (Å²) in [5.74, 6) is 0. The predicted molar refractivity (Wildman–Crippen MR) is 82.9 cm³/mol. The number of hydrogen-bond acceptors (Lipinski definition) is 3. The molecule has 0 heterocycles. The Morgan fingerprint density at radius 1 is 1.50 bits per heavy atom. The molecular formula is C16H30N2O2. The fraction of sp³-hybridized carbons (Fsp3) is 0.812. The van der Waals surface area contributed by atoms with Crippen molar-refractivity contribution in [3.05, 3.63) is 12.7 Å². The summed E-state index contributed by atoms with van der Waals surface area (Å²) in [5, 5.41) is 3.45. The summed E-state index contributed by atoms with van der Waals surface area (Å²) in [4.78, 5) is 14.0. The van der Waals surface area contributed by atoms with Crippen molar-refractivity contribution >= 4 is 6.09 Å². The Morgan fingerprint density at radius 3 is 2.65 bits per heavy atom. The van der Waals surface area contributed by atoms with Crippen LogP contribution in [0.3, 0.4) is 0 Å². The van der Waals surface area contributed by atoms with E-state index in [4.69, 9.17) is 4.74 Å². The van der Waals surface area contributed by atoms with Crippen LogP contribution in [0.15, 0.2) is 12.7 Å². The number of rotatable bonds is 8. The molecule has 1 rings (SSSR count). The Labute approximate surface area is 123 Å². The van der Waals surface area contributed by atoms with Crippen molar-refractivity contribution in [1.82, 2.24) is 10.2 Å². The average molecular weight is 282 g/mol. The Balaban J connectivity index is 2.32. The molecule has 1 atom stereocenters. The van der Waals surface area contributed by atoms with E-state index in [2.05, 4.69) is 18.8 Å². The van der Waals surface area contributed by atoms with Gasteiger partial charge in [-0.25, -0.2) is 4.79 Å². The molecule has 0 aromatic rings. The maximum atomic E-state index is 12.2. The van der Waals surface area contributed by atoms with Crippen molar-refractivity contribution in [3.63, 3.8) is 0 Å². The van der Waals surface area contributed by atoms with Crippen molar-refractivity contribution < 1.29 is 9.53 Å². The molecule has 0 bridgehead atoms. The topological polar surface area (TPSA) is 41.6 Å². The number of nitrogens with one attached hydrogen (secondary N) is 1. The van der Waals surface area contributed by atoms with Gasteiger partial charge in [-0.3, -0.25) is 0 Å². The van der Waals surface area contributed by atoms with E-state index in [0.717, 1.165) is 38.8 Å². The molecular weight excluding hydrogens is 252 g/mol. The van der Waals surface area contributed by atoms with Crippen LogP contribution in [-0.4, -0.2) is 41.8 Å². The standard InChI is InChI=1S/C16H30N2O2/c1-6-7-8-13(2)17-11-12-18(14-9-10-14)15(19)20-16(3,4)5/h6,13-14,17H,1,7-12H2,2-5H3. The van der Waals surface area contributed by atoms with Crippen molar-refractivity contribution in [2.24, 2.45) is 0 Å². The summed E-state index contributed by atoms with van der Waals surface area (Å²) in [6.07, 6.45) is 6.07. The van der Waals surface area contributed by atoms with E-state index in [1.807, 2.05) is 31.7 Å². The van der Waals surface area contributed by atoms with Crippen molar-refractivity contribution in [2.45, 2.75) is 71.1 Å². The van der Waals surface area contributed by atoms with Gasteiger partial charge in [0.2, 0.25) is 0 Å². The van der Waals surface area contributed by atoms with E-state index >= 15 is 0 Å². The van der Waals surface area contributed by atoms with Gasteiger partial charge in [0.1, 0.15) is 5.60 Å². The lowest BCUT2D eigenvalue weighted by atomic mass is 10.2. The molecule has 1 saturated carbocycles. The van der Waals surface area contributed by atoms with Crippen molar-refractivity contribution in [2.75, 3.05) is 13.1 Å². The molecule has 0 aliphatic heterocycles. The number of ether oxygens (including phenoxy) is 1. The Bertz CT molecular complexity index is 319. The van der Waals surface area contributed by atoms with Gasteiger partial charge in [0.15, 0.2) is 0 Å². The van der Waals surface area contributed by atoms with Crippen LogP contribution in [-0.2, 0) is 4.74 Å². The van der Waals surface area contributed by atoms with Gasteiger partial charge in [0.25, 0.3) is 0 Å². The summed E-state index contributed by atoms with van der Waals surface area (Å²) >= 11 is 0. The molecule has 0 spiro atoms. The molecule has 4 nitrogen and oxygen atoms in total. The van der Waals surface area contributed by atoms with Crippen LogP contribution < -0.4 is 5.32 Å². The van der Waals surface area contributed by atoms with Crippen LogP contribution in [0, 0.1) is 0 Å². The smallest absolute Gasteiger partial charge is 0.410 e. The number of carbonyl (C=O) groups excluding carboxylic acids is 1. The highest BCUT2D eigenvalue weighted by molar-refractivity contribution is 5.69. The summed E-state index contributed by atoms with van der Waals surface area (Å²) in [7, 11) is 0. The minimum Gasteiger partial charge on any atom is -0.444 e. The minimum atomic E-state index is -0.422. The first-order chi connectivity index (χ1) is 9.33. The second-order valence-electron chi connectivity index (χ2n) is 6.63. The van der Waals surface area contributed by atoms with Gasteiger partial charge in [0.05, 0.1) is 0 Å². The highest BCUT2D eigenvalue weighted by Crippen LogP contribution is 2.28. The molecule has 0 radical (unpaired) electrons. The number of hydrogen-bond donors (Lipinski definition) is 1. The van der Waals surface area contributed by atoms with E-state index in [1.165, 1.54) is 0 Å². The molecule has 1 fully saturated rings. The molecule has 1 aliphatic rings. The minimum absolute atomic E-state index is 0.180. The number of carbonyl (C=O) groups is 1. The molecule has 116 valence electrons. The highest BCUT2D eigenvalue weighted by Gasteiger charge is 2.34. The summed E-state index contributed by atoms with van der Waals surface area (Å²) in [6.45, 7) is 13.2. The molecule has 0 aromatic heterocycles. The van der Waals surface area contributed by atoms with Gasteiger partial charge in [-0.1, -0.05) is 6.08 Å². The zero-order chi connectivity index (χ0) is 15.2. The lowest BCUT2D eigenvalue weighted by Crippen LogP contribution is -2.43. The first-order valence-corrected chi connectivity index (χ1v) is 7.67. The van der Waals surface area contributed by atoms with Gasteiger partial charge in [0, 0.05) is 25.2 Å². The van der Waals surface area contributed by atoms with E-state index in [9.17, 15) is 4.79 Å². The third kappa shape index (κ3) is 6.94. The second-order valence-corrected chi connectivity index (χ2v) is 6.63. The van der Waals surface area contributed by atoms with Gasteiger partial charge in [-0.2, -0.15) is 0 Å². The van der Waals surface area contributed by atoms with Gasteiger partial charge in [-0.05, 0) is 53.4 Å². The lowest BCUT2D eigenvalue weighted by Gasteiger charge is -2.28. The third-order valence-corrected chi connectivity index (χ3v) is 3.26. The SMILES string of the molecule is C=CCCC(C)NCCN(C(=O)OC(C)(C)C)C1CC1. The number of nitrogens with zero attached hydrogens (tertiary/aromatic N) is 1. The van der Waals surface area contributed by atoms with E-state index in [-0.39, 0.29) is 6.09 Å². The average Bonchev–Trinajstić information content (AvgIpc) is 3.13. The number of amides is 1.